The molecule has 0 radical (unpaired) electrons. The molecule has 5 N–H and O–H groups in total. The van der Waals surface area contributed by atoms with E-state index < -0.39 is 6.03 Å². The van der Waals surface area contributed by atoms with E-state index in [9.17, 15) is 14.4 Å². The number of amides is 4. The van der Waals surface area contributed by atoms with Crippen molar-refractivity contribution in [2.75, 3.05) is 10.6 Å². The molecule has 0 atom stereocenters. The van der Waals surface area contributed by atoms with Gasteiger partial charge in [0.05, 0.1) is 16.1 Å². The third-order valence-electron chi connectivity index (χ3n) is 3.84. The molecule has 142 valence electrons. The highest BCUT2D eigenvalue weighted by Gasteiger charge is 2.14. The molecule has 2 aromatic carbocycles. The van der Waals surface area contributed by atoms with Gasteiger partial charge in [-0.3, -0.25) is 9.59 Å². The van der Waals surface area contributed by atoms with Crippen molar-refractivity contribution in [2.45, 2.75) is 6.54 Å². The van der Waals surface area contributed by atoms with E-state index in [4.69, 9.17) is 5.73 Å². The van der Waals surface area contributed by atoms with Gasteiger partial charge >= 0.3 is 6.03 Å². The summed E-state index contributed by atoms with van der Waals surface area (Å²) in [5.41, 5.74) is 7.31. The molecule has 3 aromatic rings. The van der Waals surface area contributed by atoms with Gasteiger partial charge in [0.1, 0.15) is 0 Å². The highest BCUT2D eigenvalue weighted by Crippen LogP contribution is 2.18. The molecule has 0 spiro atoms. The maximum Gasteiger partial charge on any atom is 0.316 e. The molecule has 0 aliphatic carbocycles. The number of carbonyl (C=O) groups is 3. The van der Waals surface area contributed by atoms with E-state index in [1.807, 2.05) is 5.38 Å². The number of carbonyl (C=O) groups excluding carboxylic acids is 3. The predicted octanol–water partition coefficient (Wildman–Crippen LogP) is 3.42. The summed E-state index contributed by atoms with van der Waals surface area (Å²) < 4.78 is 0. The van der Waals surface area contributed by atoms with E-state index in [0.29, 0.717) is 28.4 Å². The minimum atomic E-state index is -0.637. The van der Waals surface area contributed by atoms with Crippen LogP contribution in [0.2, 0.25) is 0 Å². The molecule has 8 heteroatoms. The predicted molar refractivity (Wildman–Crippen MR) is 110 cm³/mol. The molecule has 0 fully saturated rings. The number of nitrogens with two attached hydrogens (primary N) is 1. The lowest BCUT2D eigenvalue weighted by molar-refractivity contribution is 0.0951. The number of hydrogen-bond acceptors (Lipinski definition) is 4. The molecular weight excluding hydrogens is 376 g/mol. The normalized spacial score (nSPS) is 10.1. The molecule has 0 unspecified atom stereocenters. The van der Waals surface area contributed by atoms with Crippen molar-refractivity contribution in [1.82, 2.24) is 5.32 Å². The van der Waals surface area contributed by atoms with Crippen LogP contribution in [0.5, 0.6) is 0 Å². The van der Waals surface area contributed by atoms with E-state index in [1.165, 1.54) is 11.3 Å². The van der Waals surface area contributed by atoms with Crippen molar-refractivity contribution in [3.05, 3.63) is 82.0 Å². The molecule has 3 rings (SSSR count). The summed E-state index contributed by atoms with van der Waals surface area (Å²) in [6.07, 6.45) is 0. The van der Waals surface area contributed by atoms with Crippen LogP contribution >= 0.6 is 11.3 Å². The largest absolute Gasteiger partial charge is 0.351 e. The highest BCUT2D eigenvalue weighted by atomic mass is 32.1. The van der Waals surface area contributed by atoms with Crippen LogP contribution in [0.15, 0.2) is 66.0 Å². The quantitative estimate of drug-likeness (QED) is 0.514. The average Bonchev–Trinajstić information content (AvgIpc) is 3.22. The first kappa shape index (κ1) is 19.1. The van der Waals surface area contributed by atoms with Gasteiger partial charge in [0.15, 0.2) is 0 Å². The zero-order valence-corrected chi connectivity index (χ0v) is 15.6. The van der Waals surface area contributed by atoms with Gasteiger partial charge in [0, 0.05) is 12.2 Å². The Labute approximate surface area is 165 Å². The number of urea groups is 1. The van der Waals surface area contributed by atoms with E-state index >= 15 is 0 Å². The number of benzene rings is 2. The summed E-state index contributed by atoms with van der Waals surface area (Å²) in [6.45, 7) is 0.295. The summed E-state index contributed by atoms with van der Waals surface area (Å²) in [7, 11) is 0. The Kier molecular flexibility index (Phi) is 6.03. The van der Waals surface area contributed by atoms with Crippen LogP contribution in [0.3, 0.4) is 0 Å². The molecule has 1 aromatic heterocycles. The van der Waals surface area contributed by atoms with Gasteiger partial charge in [-0.05, 0) is 41.3 Å². The molecular formula is C20H18N4O3S. The molecule has 28 heavy (non-hydrogen) atoms. The Bertz CT molecular complexity index is 985. The molecule has 1 heterocycles. The third-order valence-corrected chi connectivity index (χ3v) is 4.71. The summed E-state index contributed by atoms with van der Waals surface area (Å²) in [5.74, 6) is -0.561. The minimum Gasteiger partial charge on any atom is -0.351 e. The van der Waals surface area contributed by atoms with Crippen molar-refractivity contribution in [3.63, 3.8) is 0 Å². The number of para-hydroxylation sites is 1. The first-order chi connectivity index (χ1) is 13.5. The Hall–Kier alpha value is -3.65. The number of anilines is 2. The summed E-state index contributed by atoms with van der Waals surface area (Å²) >= 11 is 1.33. The van der Waals surface area contributed by atoms with Gasteiger partial charge in [0.25, 0.3) is 11.8 Å². The smallest absolute Gasteiger partial charge is 0.316 e. The lowest BCUT2D eigenvalue weighted by Gasteiger charge is -2.11. The Balaban J connectivity index is 1.64. The van der Waals surface area contributed by atoms with E-state index in [-0.39, 0.29) is 11.8 Å². The van der Waals surface area contributed by atoms with E-state index in [2.05, 4.69) is 16.0 Å². The zero-order valence-electron chi connectivity index (χ0n) is 14.8. The second-order valence-electron chi connectivity index (χ2n) is 5.85. The molecule has 0 bridgehead atoms. The van der Waals surface area contributed by atoms with Crippen LogP contribution in [0.4, 0.5) is 16.2 Å². The number of nitrogens with one attached hydrogen (secondary N) is 3. The lowest BCUT2D eigenvalue weighted by Crippen LogP contribution is -2.24. The fourth-order valence-electron chi connectivity index (χ4n) is 2.51. The maximum atomic E-state index is 12.6. The SMILES string of the molecule is NC(=O)Nc1ccc(CNC(=O)c2ccccc2NC(=O)c2cccs2)cc1. The molecule has 7 nitrogen and oxygen atoms in total. The molecule has 0 aliphatic rings. The van der Waals surface area contributed by atoms with Crippen molar-refractivity contribution in [3.8, 4) is 0 Å². The van der Waals surface area contributed by atoms with Gasteiger partial charge in [-0.2, -0.15) is 0 Å². The minimum absolute atomic E-state index is 0.257. The summed E-state index contributed by atoms with van der Waals surface area (Å²) in [5, 5.41) is 9.89. The van der Waals surface area contributed by atoms with E-state index in [0.717, 1.165) is 5.56 Å². The first-order valence-corrected chi connectivity index (χ1v) is 9.28. The fourth-order valence-corrected chi connectivity index (χ4v) is 3.13. The molecule has 4 amide bonds. The number of primary amides is 1. The Morgan fingerprint density at radius 2 is 1.61 bits per heavy atom. The highest BCUT2D eigenvalue weighted by molar-refractivity contribution is 7.12. The lowest BCUT2D eigenvalue weighted by atomic mass is 10.1. The second-order valence-corrected chi connectivity index (χ2v) is 6.79. The van der Waals surface area contributed by atoms with Gasteiger partial charge in [0.2, 0.25) is 0 Å². The molecule has 0 saturated heterocycles. The Morgan fingerprint density at radius 3 is 2.29 bits per heavy atom. The van der Waals surface area contributed by atoms with Crippen molar-refractivity contribution in [1.29, 1.82) is 0 Å². The van der Waals surface area contributed by atoms with Crippen LogP contribution in [0.25, 0.3) is 0 Å². The van der Waals surface area contributed by atoms with Crippen molar-refractivity contribution in [2.24, 2.45) is 5.73 Å². The monoisotopic (exact) mass is 394 g/mol. The number of hydrogen-bond donors (Lipinski definition) is 4. The van der Waals surface area contributed by atoms with E-state index in [1.54, 1.807) is 60.7 Å². The summed E-state index contributed by atoms with van der Waals surface area (Å²) in [4.78, 5) is 36.3. The van der Waals surface area contributed by atoms with Crippen molar-refractivity contribution >= 4 is 40.6 Å². The van der Waals surface area contributed by atoms with Crippen LogP contribution in [0.1, 0.15) is 25.6 Å². The molecule has 0 aliphatic heterocycles. The van der Waals surface area contributed by atoms with Gasteiger partial charge in [-0.25, -0.2) is 4.79 Å². The van der Waals surface area contributed by atoms with Crippen LogP contribution in [0, 0.1) is 0 Å². The summed E-state index contributed by atoms with van der Waals surface area (Å²) in [6, 6.07) is 16.6. The van der Waals surface area contributed by atoms with Crippen LogP contribution < -0.4 is 21.7 Å². The second kappa shape index (κ2) is 8.83. The van der Waals surface area contributed by atoms with Crippen LogP contribution in [-0.2, 0) is 6.54 Å². The Morgan fingerprint density at radius 1 is 0.857 bits per heavy atom. The number of rotatable bonds is 6. The standard InChI is InChI=1S/C20H18N4O3S/c21-20(27)23-14-9-7-13(8-10-14)12-22-18(25)15-4-1-2-5-16(15)24-19(26)17-6-3-11-28-17/h1-11H,12H2,(H,22,25)(H,24,26)(H3,21,23,27). The third kappa shape index (κ3) is 4.95. The zero-order chi connectivity index (χ0) is 19.9. The van der Waals surface area contributed by atoms with Crippen LogP contribution in [-0.4, -0.2) is 17.8 Å². The van der Waals surface area contributed by atoms with Crippen molar-refractivity contribution < 1.29 is 14.4 Å². The fraction of sp³-hybridized carbons (Fsp3) is 0.0500. The van der Waals surface area contributed by atoms with Gasteiger partial charge in [-0.15, -0.1) is 11.3 Å². The first-order valence-electron chi connectivity index (χ1n) is 8.40. The average molecular weight is 394 g/mol. The van der Waals surface area contributed by atoms with Gasteiger partial charge < -0.3 is 21.7 Å². The maximum absolute atomic E-state index is 12.6. The number of thiophene rings is 1. The molecule has 0 saturated carbocycles. The van der Waals surface area contributed by atoms with Gasteiger partial charge in [-0.1, -0.05) is 30.3 Å². The topological polar surface area (TPSA) is 113 Å².